The van der Waals surface area contributed by atoms with Gasteiger partial charge in [-0.25, -0.2) is 4.98 Å². The third-order valence-electron chi connectivity index (χ3n) is 2.16. The number of nitrogens with two attached hydrogens (primary N) is 1. The van der Waals surface area contributed by atoms with E-state index in [0.717, 1.165) is 0 Å². The van der Waals surface area contributed by atoms with Crippen LogP contribution in [0.5, 0.6) is 0 Å². The summed E-state index contributed by atoms with van der Waals surface area (Å²) in [5.74, 6) is -0.323. The van der Waals surface area contributed by atoms with Crippen LogP contribution in [0.25, 0.3) is 0 Å². The second-order valence-corrected chi connectivity index (χ2v) is 4.68. The average Bonchev–Trinajstić information content (AvgIpc) is 2.27. The fourth-order valence-electron chi connectivity index (χ4n) is 1.31. The van der Waals surface area contributed by atoms with Crippen LogP contribution in [0.3, 0.4) is 0 Å². The first-order chi connectivity index (χ1) is 8.80. The van der Waals surface area contributed by atoms with E-state index in [1.165, 1.54) is 0 Å². The lowest BCUT2D eigenvalue weighted by molar-refractivity contribution is 0.100. The Bertz CT molecular complexity index is 537. The Morgan fingerprint density at radius 2 is 2.16 bits per heavy atom. The highest BCUT2D eigenvalue weighted by Gasteiger charge is 2.22. The summed E-state index contributed by atoms with van der Waals surface area (Å²) in [4.78, 5) is 19.3. The topological polar surface area (TPSA) is 117 Å². The number of anilines is 2. The summed E-state index contributed by atoms with van der Waals surface area (Å²) in [6, 6.07) is 2.05. The minimum atomic E-state index is -0.860. The minimum Gasteiger partial charge on any atom is -0.369 e. The molecule has 0 aliphatic rings. The molecule has 19 heavy (non-hydrogen) atoms. The standard InChI is InChI=1S/C11H15ClN6O/c1-4-15-9-6(8(14)19)7(12)16-10(17-9)18-11(2,3)5-13/h4H2,1-3H3,(H2,14,19)(H2,15,16,17,18). The van der Waals surface area contributed by atoms with E-state index in [2.05, 4.69) is 26.7 Å². The van der Waals surface area contributed by atoms with Gasteiger partial charge in [0.05, 0.1) is 6.07 Å². The second-order valence-electron chi connectivity index (χ2n) is 4.32. The van der Waals surface area contributed by atoms with Crippen molar-refractivity contribution in [3.8, 4) is 6.07 Å². The van der Waals surface area contributed by atoms with Gasteiger partial charge in [-0.05, 0) is 20.8 Å². The molecule has 1 amide bonds. The van der Waals surface area contributed by atoms with Crippen molar-refractivity contribution in [2.24, 2.45) is 5.73 Å². The number of aromatic nitrogens is 2. The fourth-order valence-corrected chi connectivity index (χ4v) is 1.57. The summed E-state index contributed by atoms with van der Waals surface area (Å²) in [7, 11) is 0. The molecular weight excluding hydrogens is 268 g/mol. The number of carbonyl (C=O) groups is 1. The van der Waals surface area contributed by atoms with E-state index in [1.54, 1.807) is 13.8 Å². The van der Waals surface area contributed by atoms with Gasteiger partial charge in [-0.1, -0.05) is 11.6 Å². The summed E-state index contributed by atoms with van der Waals surface area (Å²) < 4.78 is 0. The maximum Gasteiger partial charge on any atom is 0.255 e. The largest absolute Gasteiger partial charge is 0.369 e. The van der Waals surface area contributed by atoms with E-state index < -0.39 is 11.4 Å². The van der Waals surface area contributed by atoms with Crippen molar-refractivity contribution in [3.63, 3.8) is 0 Å². The molecule has 0 spiro atoms. The Kier molecular flexibility index (Phi) is 4.51. The zero-order valence-corrected chi connectivity index (χ0v) is 11.7. The third kappa shape index (κ3) is 3.69. The Hall–Kier alpha value is -2.07. The third-order valence-corrected chi connectivity index (χ3v) is 2.43. The first-order valence-corrected chi connectivity index (χ1v) is 5.99. The van der Waals surface area contributed by atoms with Crippen molar-refractivity contribution >= 4 is 29.3 Å². The van der Waals surface area contributed by atoms with Crippen molar-refractivity contribution in [2.75, 3.05) is 17.2 Å². The summed E-state index contributed by atoms with van der Waals surface area (Å²) in [6.07, 6.45) is 0. The van der Waals surface area contributed by atoms with Crippen LogP contribution in [-0.2, 0) is 0 Å². The zero-order chi connectivity index (χ0) is 14.6. The van der Waals surface area contributed by atoms with Gasteiger partial charge in [0.25, 0.3) is 5.91 Å². The number of amides is 1. The number of primary amides is 1. The van der Waals surface area contributed by atoms with Crippen LogP contribution < -0.4 is 16.4 Å². The molecule has 0 aliphatic carbocycles. The molecule has 102 valence electrons. The molecule has 0 bridgehead atoms. The average molecular weight is 283 g/mol. The lowest BCUT2D eigenvalue weighted by atomic mass is 10.1. The van der Waals surface area contributed by atoms with Crippen LogP contribution in [0.1, 0.15) is 31.1 Å². The predicted molar refractivity (Wildman–Crippen MR) is 73.0 cm³/mol. The zero-order valence-electron chi connectivity index (χ0n) is 10.9. The number of halogens is 1. The van der Waals surface area contributed by atoms with Gasteiger partial charge in [0, 0.05) is 6.54 Å². The van der Waals surface area contributed by atoms with Crippen molar-refractivity contribution in [1.82, 2.24) is 9.97 Å². The lowest BCUT2D eigenvalue weighted by Gasteiger charge is -2.18. The number of nitrogens with zero attached hydrogens (tertiary/aromatic N) is 3. The van der Waals surface area contributed by atoms with Crippen LogP contribution in [0.15, 0.2) is 0 Å². The predicted octanol–water partition coefficient (Wildman–Crippen LogP) is 1.37. The molecule has 1 rings (SSSR count). The summed E-state index contributed by atoms with van der Waals surface area (Å²) in [6.45, 7) is 5.71. The molecule has 0 saturated carbocycles. The van der Waals surface area contributed by atoms with Crippen LogP contribution in [0, 0.1) is 11.3 Å². The molecule has 0 unspecified atom stereocenters. The summed E-state index contributed by atoms with van der Waals surface area (Å²) >= 11 is 5.92. The molecule has 1 aromatic heterocycles. The second kappa shape index (κ2) is 5.71. The monoisotopic (exact) mass is 282 g/mol. The summed E-state index contributed by atoms with van der Waals surface area (Å²) in [5, 5.41) is 14.6. The van der Waals surface area contributed by atoms with E-state index in [0.29, 0.717) is 6.54 Å². The molecule has 0 atom stereocenters. The number of hydrogen-bond acceptors (Lipinski definition) is 6. The van der Waals surface area contributed by atoms with E-state index in [4.69, 9.17) is 22.6 Å². The molecular formula is C11H15ClN6O. The normalized spacial score (nSPS) is 10.7. The Morgan fingerprint density at radius 1 is 1.53 bits per heavy atom. The molecule has 4 N–H and O–H groups in total. The van der Waals surface area contributed by atoms with Crippen LogP contribution in [0.4, 0.5) is 11.8 Å². The highest BCUT2D eigenvalue weighted by atomic mass is 35.5. The Morgan fingerprint density at radius 3 is 2.63 bits per heavy atom. The van der Waals surface area contributed by atoms with Crippen LogP contribution in [-0.4, -0.2) is 28.0 Å². The molecule has 0 aliphatic heterocycles. The maximum atomic E-state index is 11.3. The quantitative estimate of drug-likeness (QED) is 0.702. The highest BCUT2D eigenvalue weighted by Crippen LogP contribution is 2.23. The molecule has 8 heteroatoms. The van der Waals surface area contributed by atoms with E-state index in [9.17, 15) is 4.79 Å². The smallest absolute Gasteiger partial charge is 0.255 e. The van der Waals surface area contributed by atoms with Crippen molar-refractivity contribution in [1.29, 1.82) is 5.26 Å². The lowest BCUT2D eigenvalue weighted by Crippen LogP contribution is -2.30. The molecule has 0 saturated heterocycles. The molecule has 1 heterocycles. The van der Waals surface area contributed by atoms with E-state index in [1.807, 2.05) is 6.92 Å². The number of rotatable bonds is 5. The first kappa shape index (κ1) is 15.0. The minimum absolute atomic E-state index is 0.0313. The molecule has 0 radical (unpaired) electrons. The van der Waals surface area contributed by atoms with Gasteiger partial charge in [0.1, 0.15) is 22.1 Å². The van der Waals surface area contributed by atoms with Gasteiger partial charge >= 0.3 is 0 Å². The van der Waals surface area contributed by atoms with Crippen LogP contribution >= 0.6 is 11.6 Å². The van der Waals surface area contributed by atoms with Crippen molar-refractivity contribution < 1.29 is 4.79 Å². The first-order valence-electron chi connectivity index (χ1n) is 5.61. The van der Waals surface area contributed by atoms with Gasteiger partial charge in [0.15, 0.2) is 0 Å². The van der Waals surface area contributed by atoms with Gasteiger partial charge in [-0.3, -0.25) is 4.79 Å². The number of hydrogen-bond donors (Lipinski definition) is 3. The highest BCUT2D eigenvalue weighted by molar-refractivity contribution is 6.33. The Balaban J connectivity index is 3.25. The summed E-state index contributed by atoms with van der Waals surface area (Å²) in [5.41, 5.74) is 4.40. The maximum absolute atomic E-state index is 11.3. The van der Waals surface area contributed by atoms with Gasteiger partial charge in [-0.15, -0.1) is 0 Å². The fraction of sp³-hybridized carbons (Fsp3) is 0.455. The van der Waals surface area contributed by atoms with Gasteiger partial charge in [0.2, 0.25) is 5.95 Å². The number of nitrogens with one attached hydrogen (secondary N) is 2. The van der Waals surface area contributed by atoms with E-state index in [-0.39, 0.29) is 22.5 Å². The Labute approximate surface area is 116 Å². The molecule has 0 fully saturated rings. The number of nitriles is 1. The van der Waals surface area contributed by atoms with E-state index >= 15 is 0 Å². The molecule has 7 nitrogen and oxygen atoms in total. The van der Waals surface area contributed by atoms with Gasteiger partial charge in [-0.2, -0.15) is 10.2 Å². The van der Waals surface area contributed by atoms with Gasteiger partial charge < -0.3 is 16.4 Å². The van der Waals surface area contributed by atoms with Crippen LogP contribution in [0.2, 0.25) is 5.15 Å². The molecule has 0 aromatic carbocycles. The molecule has 1 aromatic rings. The van der Waals surface area contributed by atoms with Crippen molar-refractivity contribution in [2.45, 2.75) is 26.3 Å². The SMILES string of the molecule is CCNc1nc(NC(C)(C)C#N)nc(Cl)c1C(N)=O. The van der Waals surface area contributed by atoms with Crippen molar-refractivity contribution in [3.05, 3.63) is 10.7 Å². The number of carbonyl (C=O) groups excluding carboxylic acids is 1.